The highest BCUT2D eigenvalue weighted by molar-refractivity contribution is 6.67. The van der Waals surface area contributed by atoms with Gasteiger partial charge in [0.2, 0.25) is 0 Å². The Labute approximate surface area is 205 Å². The predicted molar refractivity (Wildman–Crippen MR) is 145 cm³/mol. The fourth-order valence-corrected chi connectivity index (χ4v) is 6.82. The van der Waals surface area contributed by atoms with E-state index >= 15 is 0 Å². The standard InChI is InChI=1S/C30H48O2Si/c1-3-4-5-6-7-8-9-10-11-12-13-14-15-16-23-28-33(2,31-29-24-19-17-20-25-29)32-30-26-21-18-22-27-30/h17-22,24-27H,3-16,23,28H2,1-2H3. The van der Waals surface area contributed by atoms with Crippen molar-refractivity contribution < 1.29 is 8.85 Å². The minimum absolute atomic E-state index is 0.920. The summed E-state index contributed by atoms with van der Waals surface area (Å²) in [4.78, 5) is 0. The Morgan fingerprint density at radius 3 is 1.18 bits per heavy atom. The van der Waals surface area contributed by atoms with Crippen LogP contribution in [0.5, 0.6) is 11.5 Å². The van der Waals surface area contributed by atoms with E-state index in [1.807, 2.05) is 60.7 Å². The molecule has 2 rings (SSSR count). The molecule has 0 unspecified atom stereocenters. The molecule has 2 nitrogen and oxygen atoms in total. The summed E-state index contributed by atoms with van der Waals surface area (Å²) in [7, 11) is -2.34. The summed E-state index contributed by atoms with van der Waals surface area (Å²) < 4.78 is 12.9. The normalized spacial score (nSPS) is 11.5. The summed E-state index contributed by atoms with van der Waals surface area (Å²) in [5.41, 5.74) is 0. The molecule has 0 aromatic heterocycles. The molecule has 0 aliphatic rings. The molecular weight excluding hydrogens is 420 g/mol. The SMILES string of the molecule is CCCCCCCCCCCCCCCCC[Si](C)(Oc1ccccc1)Oc1ccccc1. The monoisotopic (exact) mass is 468 g/mol. The fraction of sp³-hybridized carbons (Fsp3) is 0.600. The Kier molecular flexibility index (Phi) is 14.7. The van der Waals surface area contributed by atoms with E-state index in [0.717, 1.165) is 17.5 Å². The molecule has 0 aliphatic carbocycles. The lowest BCUT2D eigenvalue weighted by Crippen LogP contribution is -2.45. The third-order valence-corrected chi connectivity index (χ3v) is 8.99. The van der Waals surface area contributed by atoms with Crippen molar-refractivity contribution in [3.8, 4) is 11.5 Å². The maximum absolute atomic E-state index is 6.44. The number of hydrogen-bond donors (Lipinski definition) is 0. The van der Waals surface area contributed by atoms with Crippen molar-refractivity contribution in [2.24, 2.45) is 0 Å². The van der Waals surface area contributed by atoms with Crippen LogP contribution in [0.1, 0.15) is 103 Å². The Balaban J connectivity index is 1.56. The molecule has 0 N–H and O–H groups in total. The second kappa shape index (κ2) is 17.7. The van der Waals surface area contributed by atoms with Gasteiger partial charge in [0.05, 0.1) is 0 Å². The van der Waals surface area contributed by atoms with Crippen LogP contribution in [0.15, 0.2) is 60.7 Å². The van der Waals surface area contributed by atoms with Gasteiger partial charge in [-0.05, 0) is 30.7 Å². The minimum atomic E-state index is -2.34. The number of hydrogen-bond acceptors (Lipinski definition) is 2. The molecule has 0 atom stereocenters. The van der Waals surface area contributed by atoms with Gasteiger partial charge in [-0.3, -0.25) is 0 Å². The zero-order valence-corrected chi connectivity index (χ0v) is 22.4. The van der Waals surface area contributed by atoms with Gasteiger partial charge in [-0.25, -0.2) is 0 Å². The van der Waals surface area contributed by atoms with Crippen molar-refractivity contribution in [1.82, 2.24) is 0 Å². The largest absolute Gasteiger partial charge is 0.512 e. The van der Waals surface area contributed by atoms with Gasteiger partial charge < -0.3 is 8.85 Å². The summed E-state index contributed by atoms with van der Waals surface area (Å²) in [5.74, 6) is 1.84. The van der Waals surface area contributed by atoms with Crippen molar-refractivity contribution in [3.05, 3.63) is 60.7 Å². The Morgan fingerprint density at radius 1 is 0.485 bits per heavy atom. The third kappa shape index (κ3) is 13.5. The summed E-state index contributed by atoms with van der Waals surface area (Å²) >= 11 is 0. The molecule has 0 saturated carbocycles. The van der Waals surface area contributed by atoms with Crippen LogP contribution in [0.3, 0.4) is 0 Å². The van der Waals surface area contributed by atoms with Crippen molar-refractivity contribution in [2.75, 3.05) is 0 Å². The Bertz CT molecular complexity index is 647. The van der Waals surface area contributed by atoms with E-state index < -0.39 is 8.56 Å². The third-order valence-electron chi connectivity index (χ3n) is 6.39. The first-order chi connectivity index (χ1) is 16.2. The highest BCUT2D eigenvalue weighted by atomic mass is 28.4. The van der Waals surface area contributed by atoms with Gasteiger partial charge in [-0.1, -0.05) is 133 Å². The summed E-state index contributed by atoms with van der Waals surface area (Å²) in [6, 6.07) is 21.3. The first-order valence-corrected chi connectivity index (χ1v) is 16.2. The van der Waals surface area contributed by atoms with Gasteiger partial charge in [0.1, 0.15) is 11.5 Å². The van der Waals surface area contributed by atoms with Gasteiger partial charge in [0, 0.05) is 12.6 Å². The molecular formula is C30H48O2Si. The molecule has 3 heteroatoms. The van der Waals surface area contributed by atoms with E-state index in [1.54, 1.807) is 0 Å². The molecule has 0 heterocycles. The van der Waals surface area contributed by atoms with Crippen molar-refractivity contribution >= 4 is 8.56 Å². The summed E-state index contributed by atoms with van der Waals surface area (Å²) in [5, 5.41) is 0. The van der Waals surface area contributed by atoms with Gasteiger partial charge in [0.25, 0.3) is 0 Å². The van der Waals surface area contributed by atoms with Crippen LogP contribution >= 0.6 is 0 Å². The molecule has 0 amide bonds. The molecule has 0 spiro atoms. The number of para-hydroxylation sites is 2. The van der Waals surface area contributed by atoms with E-state index in [2.05, 4.69) is 13.5 Å². The molecule has 0 saturated heterocycles. The van der Waals surface area contributed by atoms with Gasteiger partial charge in [-0.2, -0.15) is 0 Å². The smallest absolute Gasteiger partial charge is 0.457 e. The lowest BCUT2D eigenvalue weighted by Gasteiger charge is -2.28. The first kappa shape index (κ1) is 27.5. The maximum atomic E-state index is 6.44. The average Bonchev–Trinajstić information content (AvgIpc) is 2.83. The van der Waals surface area contributed by atoms with Crippen LogP contribution in [0.25, 0.3) is 0 Å². The van der Waals surface area contributed by atoms with Crippen molar-refractivity contribution in [2.45, 2.75) is 116 Å². The van der Waals surface area contributed by atoms with Crippen molar-refractivity contribution in [3.63, 3.8) is 0 Å². The molecule has 184 valence electrons. The number of benzene rings is 2. The van der Waals surface area contributed by atoms with Crippen LogP contribution < -0.4 is 8.85 Å². The van der Waals surface area contributed by atoms with E-state index in [0.29, 0.717) is 0 Å². The maximum Gasteiger partial charge on any atom is 0.457 e. The van der Waals surface area contributed by atoms with Crippen LogP contribution in [-0.2, 0) is 0 Å². The second-order valence-corrected chi connectivity index (χ2v) is 12.8. The van der Waals surface area contributed by atoms with E-state index in [1.165, 1.54) is 96.3 Å². The highest BCUT2D eigenvalue weighted by Gasteiger charge is 2.35. The molecule has 0 fully saturated rings. The van der Waals surface area contributed by atoms with E-state index in [-0.39, 0.29) is 0 Å². The molecule has 2 aromatic rings. The Morgan fingerprint density at radius 2 is 0.818 bits per heavy atom. The molecule has 2 aromatic carbocycles. The van der Waals surface area contributed by atoms with Gasteiger partial charge in [0.15, 0.2) is 0 Å². The van der Waals surface area contributed by atoms with Gasteiger partial charge in [-0.15, -0.1) is 0 Å². The lowest BCUT2D eigenvalue weighted by molar-refractivity contribution is 0.384. The topological polar surface area (TPSA) is 18.5 Å². The van der Waals surface area contributed by atoms with Crippen LogP contribution in [-0.4, -0.2) is 8.56 Å². The van der Waals surface area contributed by atoms with Crippen LogP contribution in [0.2, 0.25) is 12.6 Å². The average molecular weight is 469 g/mol. The lowest BCUT2D eigenvalue weighted by atomic mass is 10.0. The molecule has 0 radical (unpaired) electrons. The number of rotatable bonds is 20. The van der Waals surface area contributed by atoms with Crippen molar-refractivity contribution in [1.29, 1.82) is 0 Å². The predicted octanol–water partition coefficient (Wildman–Crippen LogP) is 10.1. The van der Waals surface area contributed by atoms with Gasteiger partial charge >= 0.3 is 8.56 Å². The van der Waals surface area contributed by atoms with Crippen LogP contribution in [0.4, 0.5) is 0 Å². The Hall–Kier alpha value is -1.74. The number of unbranched alkanes of at least 4 members (excludes halogenated alkanes) is 14. The minimum Gasteiger partial charge on any atom is -0.512 e. The summed E-state index contributed by atoms with van der Waals surface area (Å²) in [6.45, 7) is 4.50. The van der Waals surface area contributed by atoms with Crippen LogP contribution in [0, 0.1) is 0 Å². The second-order valence-electron chi connectivity index (χ2n) is 9.66. The van der Waals surface area contributed by atoms with E-state index in [4.69, 9.17) is 8.85 Å². The molecule has 33 heavy (non-hydrogen) atoms. The van der Waals surface area contributed by atoms with E-state index in [9.17, 15) is 0 Å². The first-order valence-electron chi connectivity index (χ1n) is 13.7. The molecule has 0 bridgehead atoms. The zero-order chi connectivity index (χ0) is 23.5. The zero-order valence-electron chi connectivity index (χ0n) is 21.4. The quantitative estimate of drug-likeness (QED) is 0.142. The fourth-order valence-electron chi connectivity index (χ4n) is 4.42. The molecule has 0 aliphatic heterocycles. The summed E-state index contributed by atoms with van der Waals surface area (Å²) in [6.07, 6.45) is 20.8. The highest BCUT2D eigenvalue weighted by Crippen LogP contribution is 2.25.